The van der Waals surface area contributed by atoms with Gasteiger partial charge in [-0.05, 0) is 34.4 Å². The summed E-state index contributed by atoms with van der Waals surface area (Å²) in [7, 11) is 4.03. The molecule has 3 rings (SSSR count). The number of hydrogen-bond acceptors (Lipinski definition) is 3. The van der Waals surface area contributed by atoms with Crippen LogP contribution in [0.5, 0.6) is 5.75 Å². The maximum absolute atomic E-state index is 11.2. The molecule has 0 aliphatic carbocycles. The molecule has 0 fully saturated rings. The number of phenolic OH excluding ortho intramolecular Hbond substituents is 1. The third-order valence-corrected chi connectivity index (χ3v) is 5.84. The van der Waals surface area contributed by atoms with Crippen molar-refractivity contribution in [3.05, 3.63) is 65.3 Å². The van der Waals surface area contributed by atoms with Crippen LogP contribution < -0.4 is 0 Å². The van der Waals surface area contributed by atoms with Gasteiger partial charge in [-0.2, -0.15) is 0 Å². The van der Waals surface area contributed by atoms with Crippen molar-refractivity contribution in [1.82, 2.24) is 19.1 Å². The summed E-state index contributed by atoms with van der Waals surface area (Å²) in [6.45, 7) is 15.0. The fraction of sp³-hybridized carbons (Fsp3) is 0.500. The van der Waals surface area contributed by atoms with E-state index in [1.54, 1.807) is 0 Å². The number of aryl methyl sites for hydroxylation is 2. The molecule has 0 saturated heterocycles. The molecule has 0 radical (unpaired) electrons. The molecule has 2 heterocycles. The lowest BCUT2D eigenvalue weighted by Gasteiger charge is -2.34. The van der Waals surface area contributed by atoms with Crippen LogP contribution in [0.25, 0.3) is 0 Å². The van der Waals surface area contributed by atoms with Crippen LogP contribution in [-0.2, 0) is 30.3 Å². The second-order valence-corrected chi connectivity index (χ2v) is 10.3. The number of hydrogen-bond donors (Lipinski definition) is 1. The Kier molecular flexibility index (Phi) is 4.93. The van der Waals surface area contributed by atoms with Crippen LogP contribution in [0, 0.1) is 0 Å². The van der Waals surface area contributed by atoms with Gasteiger partial charge in [0.2, 0.25) is 0 Å². The average molecular weight is 395 g/mol. The summed E-state index contributed by atoms with van der Waals surface area (Å²) in [6, 6.07) is 4.27. The molecule has 156 valence electrons. The Morgan fingerprint density at radius 1 is 0.724 bits per heavy atom. The highest BCUT2D eigenvalue weighted by atomic mass is 16.3. The normalized spacial score (nSPS) is 13.1. The van der Waals surface area contributed by atoms with E-state index in [1.807, 2.05) is 38.9 Å². The van der Waals surface area contributed by atoms with E-state index >= 15 is 0 Å². The third kappa shape index (κ3) is 3.47. The van der Waals surface area contributed by atoms with Gasteiger partial charge >= 0.3 is 0 Å². The topological polar surface area (TPSA) is 55.9 Å². The Labute approximate surface area is 174 Å². The van der Waals surface area contributed by atoms with E-state index in [2.05, 4.69) is 69.7 Å². The molecule has 0 saturated carbocycles. The first-order chi connectivity index (χ1) is 13.3. The van der Waals surface area contributed by atoms with Gasteiger partial charge in [-0.15, -0.1) is 0 Å². The van der Waals surface area contributed by atoms with Gasteiger partial charge in [0.25, 0.3) is 0 Å². The number of aromatic hydroxyl groups is 1. The second kappa shape index (κ2) is 6.75. The minimum Gasteiger partial charge on any atom is -0.507 e. The van der Waals surface area contributed by atoms with E-state index in [0.29, 0.717) is 5.75 Å². The molecule has 5 heteroatoms. The van der Waals surface area contributed by atoms with Crippen molar-refractivity contribution in [1.29, 1.82) is 0 Å². The van der Waals surface area contributed by atoms with Crippen LogP contribution in [0.1, 0.15) is 76.8 Å². The van der Waals surface area contributed by atoms with Crippen molar-refractivity contribution >= 4 is 0 Å². The van der Waals surface area contributed by atoms with Crippen molar-refractivity contribution in [2.75, 3.05) is 0 Å². The van der Waals surface area contributed by atoms with Crippen molar-refractivity contribution < 1.29 is 5.11 Å². The SMILES string of the molecule is Cn1ccnc1C(C)(c1cc(C(C)(C)C)c(O)c(C(C)(C)C)c1)c1nccn1C. The maximum Gasteiger partial charge on any atom is 0.126 e. The van der Waals surface area contributed by atoms with Crippen LogP contribution in [0.3, 0.4) is 0 Å². The van der Waals surface area contributed by atoms with Gasteiger partial charge < -0.3 is 14.2 Å². The summed E-state index contributed by atoms with van der Waals surface area (Å²) < 4.78 is 4.10. The summed E-state index contributed by atoms with van der Waals surface area (Å²) in [5.41, 5.74) is 1.97. The fourth-order valence-corrected chi connectivity index (χ4v) is 4.12. The van der Waals surface area contributed by atoms with Crippen LogP contribution >= 0.6 is 0 Å². The molecule has 0 spiro atoms. The quantitative estimate of drug-likeness (QED) is 0.694. The molecule has 5 nitrogen and oxygen atoms in total. The van der Waals surface area contributed by atoms with Gasteiger partial charge in [-0.1, -0.05) is 53.7 Å². The van der Waals surface area contributed by atoms with Gasteiger partial charge in [0.1, 0.15) is 22.8 Å². The zero-order chi connectivity index (χ0) is 21.8. The smallest absolute Gasteiger partial charge is 0.126 e. The van der Waals surface area contributed by atoms with Crippen LogP contribution in [0.4, 0.5) is 0 Å². The Bertz CT molecular complexity index is 953. The molecule has 1 N–H and O–H groups in total. The Hall–Kier alpha value is -2.56. The summed E-state index contributed by atoms with van der Waals surface area (Å²) >= 11 is 0. The molecule has 0 amide bonds. The zero-order valence-electron chi connectivity index (χ0n) is 19.2. The minimum absolute atomic E-state index is 0.204. The van der Waals surface area contributed by atoms with E-state index in [0.717, 1.165) is 28.3 Å². The lowest BCUT2D eigenvalue weighted by Crippen LogP contribution is -2.33. The summed E-state index contributed by atoms with van der Waals surface area (Å²) in [6.07, 6.45) is 7.58. The monoisotopic (exact) mass is 394 g/mol. The largest absolute Gasteiger partial charge is 0.507 e. The number of benzene rings is 1. The highest BCUT2D eigenvalue weighted by molar-refractivity contribution is 5.54. The van der Waals surface area contributed by atoms with Crippen molar-refractivity contribution in [2.45, 2.75) is 64.7 Å². The van der Waals surface area contributed by atoms with Crippen molar-refractivity contribution in [2.24, 2.45) is 14.1 Å². The molecule has 0 aliphatic heterocycles. The van der Waals surface area contributed by atoms with Crippen LogP contribution in [-0.4, -0.2) is 24.2 Å². The van der Waals surface area contributed by atoms with Crippen molar-refractivity contribution in [3.8, 4) is 5.75 Å². The van der Waals surface area contributed by atoms with Gasteiger partial charge in [-0.3, -0.25) is 0 Å². The molecule has 0 bridgehead atoms. The number of phenols is 1. The minimum atomic E-state index is -0.579. The predicted molar refractivity (Wildman–Crippen MR) is 117 cm³/mol. The highest BCUT2D eigenvalue weighted by Crippen LogP contribution is 2.45. The van der Waals surface area contributed by atoms with E-state index in [-0.39, 0.29) is 10.8 Å². The highest BCUT2D eigenvalue weighted by Gasteiger charge is 2.40. The summed E-state index contributed by atoms with van der Waals surface area (Å²) in [4.78, 5) is 9.43. The van der Waals surface area contributed by atoms with Crippen LogP contribution in [0.2, 0.25) is 0 Å². The first kappa shape index (κ1) is 21.2. The standard InChI is InChI=1S/C24H34N4O/c1-22(2,3)17-14-16(15-18(19(17)29)23(4,5)6)24(7,20-25-10-12-27(20)8)21-26-11-13-28(21)9/h10-15,29H,1-9H3. The van der Waals surface area contributed by atoms with Gasteiger partial charge in [0.15, 0.2) is 0 Å². The summed E-state index contributed by atoms with van der Waals surface area (Å²) in [5, 5.41) is 11.2. The maximum atomic E-state index is 11.2. The predicted octanol–water partition coefficient (Wildman–Crippen LogP) is 4.81. The molecule has 1 aromatic carbocycles. The zero-order valence-corrected chi connectivity index (χ0v) is 19.2. The molecule has 0 aliphatic rings. The van der Waals surface area contributed by atoms with Gasteiger partial charge in [0.05, 0.1) is 0 Å². The van der Waals surface area contributed by atoms with E-state index in [4.69, 9.17) is 9.97 Å². The third-order valence-electron chi connectivity index (χ3n) is 5.84. The molecular formula is C24H34N4O. The van der Waals surface area contributed by atoms with E-state index in [9.17, 15) is 5.11 Å². The first-order valence-electron chi connectivity index (χ1n) is 10.1. The molecule has 2 aromatic heterocycles. The van der Waals surface area contributed by atoms with Crippen LogP contribution in [0.15, 0.2) is 36.9 Å². The lowest BCUT2D eigenvalue weighted by atomic mass is 9.72. The first-order valence-corrected chi connectivity index (χ1v) is 10.1. The Morgan fingerprint density at radius 2 is 1.10 bits per heavy atom. The summed E-state index contributed by atoms with van der Waals surface area (Å²) in [5.74, 6) is 2.21. The fourth-order valence-electron chi connectivity index (χ4n) is 4.12. The van der Waals surface area contributed by atoms with Crippen molar-refractivity contribution in [3.63, 3.8) is 0 Å². The second-order valence-electron chi connectivity index (χ2n) is 10.3. The number of rotatable bonds is 3. The lowest BCUT2D eigenvalue weighted by molar-refractivity contribution is 0.420. The van der Waals surface area contributed by atoms with E-state index in [1.165, 1.54) is 0 Å². The van der Waals surface area contributed by atoms with Gasteiger partial charge in [-0.25, -0.2) is 9.97 Å². The molecular weight excluding hydrogens is 360 g/mol. The molecule has 29 heavy (non-hydrogen) atoms. The number of nitrogens with zero attached hydrogens (tertiary/aromatic N) is 4. The molecule has 3 aromatic rings. The Morgan fingerprint density at radius 3 is 1.38 bits per heavy atom. The van der Waals surface area contributed by atoms with E-state index < -0.39 is 5.41 Å². The number of imidazole rings is 2. The average Bonchev–Trinajstić information content (AvgIpc) is 3.21. The number of aromatic nitrogens is 4. The Balaban J connectivity index is 2.44. The van der Waals surface area contributed by atoms with Gasteiger partial charge in [0, 0.05) is 38.9 Å². The molecule has 0 unspecified atom stereocenters. The molecule has 0 atom stereocenters.